The van der Waals surface area contributed by atoms with Gasteiger partial charge < -0.3 is 10.6 Å². The van der Waals surface area contributed by atoms with Crippen molar-refractivity contribution in [3.63, 3.8) is 0 Å². The zero-order valence-electron chi connectivity index (χ0n) is 16.2. The summed E-state index contributed by atoms with van der Waals surface area (Å²) in [5.41, 5.74) is 2.92. The topological polar surface area (TPSA) is 76.0 Å². The van der Waals surface area contributed by atoms with Crippen LogP contribution in [0.3, 0.4) is 0 Å². The van der Waals surface area contributed by atoms with Crippen LogP contribution in [0.1, 0.15) is 32.2 Å². The van der Waals surface area contributed by atoms with E-state index in [0.29, 0.717) is 5.70 Å². The first kappa shape index (κ1) is 20.6. The maximum absolute atomic E-state index is 11.9. The molecule has 27 heavy (non-hydrogen) atoms. The molecule has 7 heteroatoms. The van der Waals surface area contributed by atoms with Gasteiger partial charge in [-0.1, -0.05) is 33.9 Å². The zero-order valence-corrected chi connectivity index (χ0v) is 17.0. The van der Waals surface area contributed by atoms with Crippen LogP contribution in [-0.4, -0.2) is 26.3 Å². The number of carbonyl (C=O) groups excluding carboxylic acids is 1. The largest absolute Gasteiger partial charge is 0.332 e. The second kappa shape index (κ2) is 8.35. The summed E-state index contributed by atoms with van der Waals surface area (Å²) in [5.74, 6) is 0. The molecule has 2 amide bonds. The van der Waals surface area contributed by atoms with Crippen LogP contribution in [0.2, 0.25) is 0 Å². The highest BCUT2D eigenvalue weighted by molar-refractivity contribution is 7.84. The fourth-order valence-corrected chi connectivity index (χ4v) is 2.96. The molecule has 0 saturated heterocycles. The number of carbonyl (C=O) groups is 1. The van der Waals surface area contributed by atoms with Crippen LogP contribution in [0.15, 0.2) is 60.2 Å². The fraction of sp³-hybridized carbons (Fsp3) is 0.300. The number of hydrogen-bond acceptors (Lipinski definition) is 3. The van der Waals surface area contributed by atoms with Gasteiger partial charge in [-0.2, -0.15) is 5.10 Å². The van der Waals surface area contributed by atoms with E-state index in [4.69, 9.17) is 0 Å². The first-order valence-electron chi connectivity index (χ1n) is 8.51. The van der Waals surface area contributed by atoms with Crippen LogP contribution >= 0.6 is 0 Å². The molecule has 1 atom stereocenters. The van der Waals surface area contributed by atoms with Crippen molar-refractivity contribution in [2.75, 3.05) is 6.26 Å². The fourth-order valence-electron chi connectivity index (χ4n) is 2.44. The molecule has 0 bridgehead atoms. The second-order valence-corrected chi connectivity index (χ2v) is 8.55. The van der Waals surface area contributed by atoms with E-state index in [-0.39, 0.29) is 18.0 Å². The molecule has 0 saturated carbocycles. The summed E-state index contributed by atoms with van der Waals surface area (Å²) in [4.78, 5) is 12.6. The van der Waals surface area contributed by atoms with Gasteiger partial charge in [-0.15, -0.1) is 0 Å². The Morgan fingerprint density at radius 1 is 1.30 bits per heavy atom. The molecule has 6 nitrogen and oxygen atoms in total. The molecule has 1 heterocycles. The van der Waals surface area contributed by atoms with E-state index in [1.54, 1.807) is 6.26 Å². The zero-order chi connectivity index (χ0) is 20.2. The summed E-state index contributed by atoms with van der Waals surface area (Å²) in [6, 6.07) is 9.10. The monoisotopic (exact) mass is 386 g/mol. The molecule has 2 N–H and O–H groups in total. The van der Waals surface area contributed by atoms with Crippen molar-refractivity contribution in [3.8, 4) is 5.69 Å². The first-order chi connectivity index (χ1) is 12.6. The second-order valence-electron chi connectivity index (χ2n) is 7.17. The van der Waals surface area contributed by atoms with Crippen molar-refractivity contribution in [3.05, 3.63) is 66.7 Å². The van der Waals surface area contributed by atoms with Gasteiger partial charge in [-0.3, -0.25) is 4.21 Å². The van der Waals surface area contributed by atoms with Crippen LogP contribution < -0.4 is 10.6 Å². The number of nitrogens with one attached hydrogen (secondary N) is 2. The van der Waals surface area contributed by atoms with Gasteiger partial charge in [0.15, 0.2) is 0 Å². The summed E-state index contributed by atoms with van der Waals surface area (Å²) >= 11 is 0. The molecular formula is C20H26N4O2S. The highest BCUT2D eigenvalue weighted by Gasteiger charge is 2.22. The highest BCUT2D eigenvalue weighted by Crippen LogP contribution is 2.26. The van der Waals surface area contributed by atoms with Crippen molar-refractivity contribution in [1.82, 2.24) is 20.4 Å². The third kappa shape index (κ3) is 5.40. The third-order valence-electron chi connectivity index (χ3n) is 3.89. The van der Waals surface area contributed by atoms with Gasteiger partial charge in [0.2, 0.25) is 0 Å². The van der Waals surface area contributed by atoms with E-state index in [2.05, 4.69) is 49.7 Å². The molecule has 0 aliphatic carbocycles. The van der Waals surface area contributed by atoms with Crippen molar-refractivity contribution in [2.45, 2.75) is 37.6 Å². The summed E-state index contributed by atoms with van der Waals surface area (Å²) in [7, 11) is -1.02. The standard InChI is InChI=1S/C20H26N4O2S/c1-7-14(2)22-19(25)21-13-15-12-18(20(3,4)5)24(23-15)16-8-10-17(11-9-16)27(6)26/h7-12H,1-2,13H2,3-6H3,(H2,21,22,25). The lowest BCUT2D eigenvalue weighted by atomic mass is 9.91. The average molecular weight is 387 g/mol. The molecule has 1 aromatic carbocycles. The van der Waals surface area contributed by atoms with Crippen LogP contribution in [0.5, 0.6) is 0 Å². The Kier molecular flexibility index (Phi) is 6.38. The van der Waals surface area contributed by atoms with E-state index in [1.165, 1.54) is 6.08 Å². The van der Waals surface area contributed by atoms with E-state index >= 15 is 0 Å². The molecule has 0 aliphatic heterocycles. The molecule has 0 spiro atoms. The minimum Gasteiger partial charge on any atom is -0.332 e. The molecule has 0 fully saturated rings. The maximum atomic E-state index is 11.9. The number of hydrogen-bond donors (Lipinski definition) is 2. The predicted molar refractivity (Wildman–Crippen MR) is 109 cm³/mol. The molecule has 1 unspecified atom stereocenters. The lowest BCUT2D eigenvalue weighted by Crippen LogP contribution is -2.33. The summed E-state index contributed by atoms with van der Waals surface area (Å²) in [6.07, 6.45) is 3.12. The normalized spacial score (nSPS) is 12.3. The van der Waals surface area contributed by atoms with E-state index in [9.17, 15) is 9.00 Å². The Hall–Kier alpha value is -2.67. The number of aromatic nitrogens is 2. The molecule has 2 aromatic rings. The van der Waals surface area contributed by atoms with Crippen molar-refractivity contribution in [1.29, 1.82) is 0 Å². The number of urea groups is 1. The Morgan fingerprint density at radius 2 is 1.93 bits per heavy atom. The van der Waals surface area contributed by atoms with Crippen LogP contribution in [0.4, 0.5) is 4.79 Å². The number of rotatable bonds is 6. The molecule has 0 aliphatic rings. The number of benzene rings is 1. The SMILES string of the molecule is C=CC(=C)NC(=O)NCc1cc(C(C)(C)C)n(-c2ccc(S(C)=O)cc2)n1. The van der Waals surface area contributed by atoms with Crippen molar-refractivity contribution in [2.24, 2.45) is 0 Å². The summed E-state index contributed by atoms with van der Waals surface area (Å²) in [6.45, 7) is 13.8. The summed E-state index contributed by atoms with van der Waals surface area (Å²) in [5, 5.41) is 9.98. The molecule has 1 aromatic heterocycles. The lowest BCUT2D eigenvalue weighted by molar-refractivity contribution is 0.243. The molecule has 0 radical (unpaired) electrons. The number of nitrogens with zero attached hydrogens (tertiary/aromatic N) is 2. The molecular weight excluding hydrogens is 360 g/mol. The van der Waals surface area contributed by atoms with E-state index in [1.807, 2.05) is 35.0 Å². The minimum atomic E-state index is -1.02. The number of amides is 2. The quantitative estimate of drug-likeness (QED) is 0.747. The number of allylic oxidation sites excluding steroid dienone is 1. The Bertz CT molecular complexity index is 876. The predicted octanol–water partition coefficient (Wildman–Crippen LogP) is 3.41. The van der Waals surface area contributed by atoms with Gasteiger partial charge in [0.25, 0.3) is 0 Å². The Labute approximate surface area is 162 Å². The third-order valence-corrected chi connectivity index (χ3v) is 4.83. The average Bonchev–Trinajstić information content (AvgIpc) is 3.04. The minimum absolute atomic E-state index is 0.142. The van der Waals surface area contributed by atoms with Gasteiger partial charge in [-0.25, -0.2) is 9.48 Å². The van der Waals surface area contributed by atoms with Gasteiger partial charge in [0, 0.05) is 38.8 Å². The van der Waals surface area contributed by atoms with Gasteiger partial charge in [0.1, 0.15) is 0 Å². The van der Waals surface area contributed by atoms with E-state index < -0.39 is 10.8 Å². The van der Waals surface area contributed by atoms with Gasteiger partial charge in [-0.05, 0) is 36.4 Å². The van der Waals surface area contributed by atoms with Gasteiger partial charge in [0.05, 0.1) is 17.9 Å². The van der Waals surface area contributed by atoms with Crippen LogP contribution in [0.25, 0.3) is 5.69 Å². The lowest BCUT2D eigenvalue weighted by Gasteiger charge is -2.20. The van der Waals surface area contributed by atoms with Crippen molar-refractivity contribution < 1.29 is 9.00 Å². The van der Waals surface area contributed by atoms with Crippen molar-refractivity contribution >= 4 is 16.8 Å². The maximum Gasteiger partial charge on any atom is 0.319 e. The highest BCUT2D eigenvalue weighted by atomic mass is 32.2. The Morgan fingerprint density at radius 3 is 2.44 bits per heavy atom. The van der Waals surface area contributed by atoms with Crippen LogP contribution in [-0.2, 0) is 22.8 Å². The van der Waals surface area contributed by atoms with E-state index in [0.717, 1.165) is 22.0 Å². The smallest absolute Gasteiger partial charge is 0.319 e. The van der Waals surface area contributed by atoms with Gasteiger partial charge >= 0.3 is 6.03 Å². The molecule has 2 rings (SSSR count). The Balaban J connectivity index is 2.27. The summed E-state index contributed by atoms with van der Waals surface area (Å²) < 4.78 is 13.5. The molecule has 144 valence electrons. The first-order valence-corrected chi connectivity index (χ1v) is 10.1. The van der Waals surface area contributed by atoms with Crippen LogP contribution in [0, 0.1) is 0 Å².